The molecule has 2 N–H and O–H groups in total. The van der Waals surface area contributed by atoms with Crippen LogP contribution in [0.25, 0.3) is 0 Å². The van der Waals surface area contributed by atoms with E-state index in [4.69, 9.17) is 5.73 Å². The molecule has 2 nitrogen and oxygen atoms in total. The molecule has 2 aromatic rings. The number of halogens is 4. The molecular weight excluding hydrogens is 260 g/mol. The SMILES string of the molecule is NC(c1cccc(F)c1)c1ccc(C(F)(F)F)cn1. The predicted octanol–water partition coefficient (Wildman–Crippen LogP) is 3.29. The smallest absolute Gasteiger partial charge is 0.319 e. The van der Waals surface area contributed by atoms with Gasteiger partial charge in [-0.2, -0.15) is 13.2 Å². The highest BCUT2D eigenvalue weighted by Gasteiger charge is 2.30. The lowest BCUT2D eigenvalue weighted by Gasteiger charge is -2.13. The van der Waals surface area contributed by atoms with E-state index in [9.17, 15) is 17.6 Å². The molecule has 6 heteroatoms. The van der Waals surface area contributed by atoms with Crippen molar-refractivity contribution in [2.24, 2.45) is 5.73 Å². The molecule has 0 amide bonds. The molecule has 1 heterocycles. The molecule has 0 aliphatic carbocycles. The lowest BCUT2D eigenvalue weighted by Crippen LogP contribution is -2.15. The largest absolute Gasteiger partial charge is 0.417 e. The van der Waals surface area contributed by atoms with E-state index < -0.39 is 23.6 Å². The Morgan fingerprint density at radius 1 is 1.11 bits per heavy atom. The first-order valence-corrected chi connectivity index (χ1v) is 5.42. The fourth-order valence-electron chi connectivity index (χ4n) is 1.63. The van der Waals surface area contributed by atoms with Gasteiger partial charge in [-0.3, -0.25) is 4.98 Å². The van der Waals surface area contributed by atoms with Crippen LogP contribution < -0.4 is 5.73 Å². The minimum Gasteiger partial charge on any atom is -0.319 e. The van der Waals surface area contributed by atoms with Gasteiger partial charge in [-0.15, -0.1) is 0 Å². The van der Waals surface area contributed by atoms with Crippen LogP contribution in [0.2, 0.25) is 0 Å². The Hall–Kier alpha value is -1.95. The Balaban J connectivity index is 2.27. The first kappa shape index (κ1) is 13.5. The van der Waals surface area contributed by atoms with Crippen molar-refractivity contribution in [3.63, 3.8) is 0 Å². The van der Waals surface area contributed by atoms with E-state index in [0.717, 1.165) is 6.07 Å². The second kappa shape index (κ2) is 4.97. The highest BCUT2D eigenvalue weighted by Crippen LogP contribution is 2.29. The van der Waals surface area contributed by atoms with Crippen molar-refractivity contribution in [2.45, 2.75) is 12.2 Å². The second-order valence-electron chi connectivity index (χ2n) is 4.00. The molecular formula is C13H10F4N2. The van der Waals surface area contributed by atoms with Gasteiger partial charge in [-0.25, -0.2) is 4.39 Å². The third kappa shape index (κ3) is 3.08. The molecule has 1 aromatic carbocycles. The molecule has 0 aliphatic heterocycles. The maximum atomic E-state index is 13.0. The highest BCUT2D eigenvalue weighted by atomic mass is 19.4. The van der Waals surface area contributed by atoms with Gasteiger partial charge in [0, 0.05) is 6.20 Å². The Bertz CT molecular complexity index is 564. The number of rotatable bonds is 2. The summed E-state index contributed by atoms with van der Waals surface area (Å²) in [5, 5.41) is 0. The molecule has 1 aromatic heterocycles. The number of hydrogen-bond donors (Lipinski definition) is 1. The summed E-state index contributed by atoms with van der Waals surface area (Å²) in [7, 11) is 0. The molecule has 0 saturated carbocycles. The maximum absolute atomic E-state index is 13.0. The first-order chi connectivity index (χ1) is 8.88. The molecule has 1 atom stereocenters. The summed E-state index contributed by atoms with van der Waals surface area (Å²) in [5.74, 6) is -0.458. The standard InChI is InChI=1S/C13H10F4N2/c14-10-3-1-2-8(6-10)12(18)11-5-4-9(7-19-11)13(15,16)17/h1-7,12H,18H2. The van der Waals surface area contributed by atoms with Crippen LogP contribution in [0.4, 0.5) is 17.6 Å². The number of pyridine rings is 1. The summed E-state index contributed by atoms with van der Waals surface area (Å²) in [6.07, 6.45) is -3.72. The number of benzene rings is 1. The maximum Gasteiger partial charge on any atom is 0.417 e. The third-order valence-electron chi connectivity index (χ3n) is 2.64. The van der Waals surface area contributed by atoms with Crippen LogP contribution in [0.5, 0.6) is 0 Å². The van der Waals surface area contributed by atoms with Crippen LogP contribution >= 0.6 is 0 Å². The zero-order valence-electron chi connectivity index (χ0n) is 9.66. The van der Waals surface area contributed by atoms with Gasteiger partial charge in [0.2, 0.25) is 0 Å². The summed E-state index contributed by atoms with van der Waals surface area (Å²) in [6.45, 7) is 0. The summed E-state index contributed by atoms with van der Waals surface area (Å²) >= 11 is 0. The molecule has 100 valence electrons. The van der Waals surface area contributed by atoms with Crippen LogP contribution in [-0.2, 0) is 6.18 Å². The van der Waals surface area contributed by atoms with Crippen molar-refractivity contribution >= 4 is 0 Å². The van der Waals surface area contributed by atoms with Crippen molar-refractivity contribution in [3.05, 3.63) is 65.2 Å². The summed E-state index contributed by atoms with van der Waals surface area (Å²) in [6, 6.07) is 6.89. The van der Waals surface area contributed by atoms with Crippen LogP contribution in [-0.4, -0.2) is 4.98 Å². The van der Waals surface area contributed by atoms with E-state index >= 15 is 0 Å². The van der Waals surface area contributed by atoms with Crippen molar-refractivity contribution in [1.29, 1.82) is 0 Å². The molecule has 0 aliphatic rings. The van der Waals surface area contributed by atoms with Gasteiger partial charge in [0.15, 0.2) is 0 Å². The van der Waals surface area contributed by atoms with Crippen molar-refractivity contribution < 1.29 is 17.6 Å². The lowest BCUT2D eigenvalue weighted by molar-refractivity contribution is -0.137. The highest BCUT2D eigenvalue weighted by molar-refractivity contribution is 5.29. The Labute approximate surface area is 106 Å². The number of aromatic nitrogens is 1. The fourth-order valence-corrected chi connectivity index (χ4v) is 1.63. The van der Waals surface area contributed by atoms with Gasteiger partial charge in [0.05, 0.1) is 17.3 Å². The fraction of sp³-hybridized carbons (Fsp3) is 0.154. The van der Waals surface area contributed by atoms with Crippen LogP contribution in [0.3, 0.4) is 0 Å². The Kier molecular flexibility index (Phi) is 3.53. The average Bonchev–Trinajstić information content (AvgIpc) is 2.37. The van der Waals surface area contributed by atoms with Gasteiger partial charge in [0.25, 0.3) is 0 Å². The van der Waals surface area contributed by atoms with Gasteiger partial charge in [-0.1, -0.05) is 12.1 Å². The summed E-state index contributed by atoms with van der Waals surface area (Å²) in [4.78, 5) is 3.68. The van der Waals surface area contributed by atoms with Gasteiger partial charge in [0.1, 0.15) is 5.82 Å². The molecule has 19 heavy (non-hydrogen) atoms. The van der Waals surface area contributed by atoms with Gasteiger partial charge >= 0.3 is 6.18 Å². The van der Waals surface area contributed by atoms with E-state index in [-0.39, 0.29) is 5.69 Å². The first-order valence-electron chi connectivity index (χ1n) is 5.42. The summed E-state index contributed by atoms with van der Waals surface area (Å²) < 4.78 is 50.2. The monoisotopic (exact) mass is 270 g/mol. The quantitative estimate of drug-likeness (QED) is 0.850. The summed E-state index contributed by atoms with van der Waals surface area (Å²) in [5.41, 5.74) is 5.69. The molecule has 0 bridgehead atoms. The van der Waals surface area contributed by atoms with E-state index in [1.807, 2.05) is 0 Å². The van der Waals surface area contributed by atoms with E-state index in [1.54, 1.807) is 6.07 Å². The molecule has 0 fully saturated rings. The third-order valence-corrected chi connectivity index (χ3v) is 2.64. The van der Waals surface area contributed by atoms with Gasteiger partial charge < -0.3 is 5.73 Å². The minimum absolute atomic E-state index is 0.249. The number of nitrogens with two attached hydrogens (primary N) is 1. The number of nitrogens with zero attached hydrogens (tertiary/aromatic N) is 1. The van der Waals surface area contributed by atoms with E-state index in [0.29, 0.717) is 11.8 Å². The topological polar surface area (TPSA) is 38.9 Å². The predicted molar refractivity (Wildman–Crippen MR) is 61.7 cm³/mol. The van der Waals surface area contributed by atoms with Gasteiger partial charge in [-0.05, 0) is 29.8 Å². The van der Waals surface area contributed by atoms with Crippen LogP contribution in [0.1, 0.15) is 22.9 Å². The van der Waals surface area contributed by atoms with E-state index in [1.165, 1.54) is 24.3 Å². The molecule has 2 rings (SSSR count). The van der Waals surface area contributed by atoms with Crippen molar-refractivity contribution in [3.8, 4) is 0 Å². The zero-order chi connectivity index (χ0) is 14.0. The molecule has 0 spiro atoms. The molecule has 1 unspecified atom stereocenters. The Morgan fingerprint density at radius 2 is 1.84 bits per heavy atom. The average molecular weight is 270 g/mol. The molecule has 0 saturated heterocycles. The second-order valence-corrected chi connectivity index (χ2v) is 4.00. The normalized spacial score (nSPS) is 13.3. The zero-order valence-corrected chi connectivity index (χ0v) is 9.66. The van der Waals surface area contributed by atoms with E-state index in [2.05, 4.69) is 4.98 Å². The van der Waals surface area contributed by atoms with Crippen molar-refractivity contribution in [2.75, 3.05) is 0 Å². The minimum atomic E-state index is -4.44. The van der Waals surface area contributed by atoms with Crippen LogP contribution in [0.15, 0.2) is 42.6 Å². The molecule has 0 radical (unpaired) electrons. The number of hydrogen-bond acceptors (Lipinski definition) is 2. The van der Waals surface area contributed by atoms with Crippen LogP contribution in [0, 0.1) is 5.82 Å². The lowest BCUT2D eigenvalue weighted by atomic mass is 10.0. The number of alkyl halides is 3. The Morgan fingerprint density at radius 3 is 2.37 bits per heavy atom. The van der Waals surface area contributed by atoms with Crippen molar-refractivity contribution in [1.82, 2.24) is 4.98 Å².